The molecule has 102 valence electrons. The van der Waals surface area contributed by atoms with Crippen molar-refractivity contribution in [2.75, 3.05) is 11.9 Å². The minimum absolute atomic E-state index is 0.323. The van der Waals surface area contributed by atoms with Crippen molar-refractivity contribution in [2.45, 2.75) is 26.8 Å². The summed E-state index contributed by atoms with van der Waals surface area (Å²) < 4.78 is 7.43. The summed E-state index contributed by atoms with van der Waals surface area (Å²) in [5.74, 6) is 1.42. The molecule has 0 radical (unpaired) electrons. The van der Waals surface area contributed by atoms with Crippen LogP contribution in [0.1, 0.15) is 20.3 Å². The second kappa shape index (κ2) is 6.38. The second-order valence-corrected chi connectivity index (χ2v) is 4.33. The molecule has 2 aromatic heterocycles. The highest BCUT2D eigenvalue weighted by Crippen LogP contribution is 2.27. The third-order valence-electron chi connectivity index (χ3n) is 2.32. The van der Waals surface area contributed by atoms with Gasteiger partial charge in [0.1, 0.15) is 5.02 Å². The standard InChI is InChI=1S/C12H16ClN5O/c1-3-5-18-8-9(6-16-18)19-11-10(13)7-15-12(17-11)14-4-2/h6-8H,3-5H2,1-2H3,(H,14,15,17). The minimum atomic E-state index is 0.323. The molecule has 0 spiro atoms. The van der Waals surface area contributed by atoms with Crippen molar-refractivity contribution >= 4 is 17.5 Å². The maximum absolute atomic E-state index is 6.01. The molecule has 7 heteroatoms. The van der Waals surface area contributed by atoms with Crippen LogP contribution in [0.4, 0.5) is 5.95 Å². The van der Waals surface area contributed by atoms with E-state index in [1.54, 1.807) is 6.20 Å². The summed E-state index contributed by atoms with van der Waals surface area (Å²) in [6, 6.07) is 0. The number of ether oxygens (including phenoxy) is 1. The molecule has 6 nitrogen and oxygen atoms in total. The number of nitrogens with one attached hydrogen (secondary N) is 1. The second-order valence-electron chi connectivity index (χ2n) is 3.92. The summed E-state index contributed by atoms with van der Waals surface area (Å²) in [5.41, 5.74) is 0. The van der Waals surface area contributed by atoms with Gasteiger partial charge in [-0.05, 0) is 13.3 Å². The number of hydrogen-bond donors (Lipinski definition) is 1. The predicted molar refractivity (Wildman–Crippen MR) is 73.8 cm³/mol. The molecule has 19 heavy (non-hydrogen) atoms. The summed E-state index contributed by atoms with van der Waals surface area (Å²) in [4.78, 5) is 8.25. The first-order valence-corrected chi connectivity index (χ1v) is 6.57. The molecular formula is C12H16ClN5O. The van der Waals surface area contributed by atoms with Crippen molar-refractivity contribution in [3.05, 3.63) is 23.6 Å². The van der Waals surface area contributed by atoms with Gasteiger partial charge >= 0.3 is 0 Å². The van der Waals surface area contributed by atoms with Gasteiger partial charge in [0.05, 0.1) is 18.6 Å². The number of aryl methyl sites for hydroxylation is 1. The van der Waals surface area contributed by atoms with Crippen LogP contribution in [-0.2, 0) is 6.54 Å². The lowest BCUT2D eigenvalue weighted by Crippen LogP contribution is -2.02. The van der Waals surface area contributed by atoms with Gasteiger partial charge in [0.15, 0.2) is 5.75 Å². The normalized spacial score (nSPS) is 10.5. The lowest BCUT2D eigenvalue weighted by atomic mass is 10.5. The first-order chi connectivity index (χ1) is 9.22. The smallest absolute Gasteiger partial charge is 0.243 e. The van der Waals surface area contributed by atoms with Crippen molar-refractivity contribution in [2.24, 2.45) is 0 Å². The Morgan fingerprint density at radius 3 is 2.95 bits per heavy atom. The molecule has 0 aliphatic heterocycles. The zero-order valence-corrected chi connectivity index (χ0v) is 11.7. The lowest BCUT2D eigenvalue weighted by Gasteiger charge is -2.06. The van der Waals surface area contributed by atoms with Crippen LogP contribution in [0.15, 0.2) is 18.6 Å². The van der Waals surface area contributed by atoms with Crippen molar-refractivity contribution in [1.29, 1.82) is 0 Å². The van der Waals surface area contributed by atoms with Gasteiger partial charge in [0, 0.05) is 13.1 Å². The molecule has 0 fully saturated rings. The number of halogens is 1. The van der Waals surface area contributed by atoms with Crippen LogP contribution in [0.2, 0.25) is 5.02 Å². The van der Waals surface area contributed by atoms with Gasteiger partial charge in [-0.15, -0.1) is 0 Å². The Balaban J connectivity index is 2.14. The fourth-order valence-electron chi connectivity index (χ4n) is 1.53. The Morgan fingerprint density at radius 1 is 1.37 bits per heavy atom. The van der Waals surface area contributed by atoms with Crippen LogP contribution >= 0.6 is 11.6 Å². The Hall–Kier alpha value is -1.82. The number of nitrogens with zero attached hydrogens (tertiary/aromatic N) is 4. The number of hydrogen-bond acceptors (Lipinski definition) is 5. The van der Waals surface area contributed by atoms with Crippen molar-refractivity contribution in [1.82, 2.24) is 19.7 Å². The van der Waals surface area contributed by atoms with E-state index in [-0.39, 0.29) is 0 Å². The monoisotopic (exact) mass is 281 g/mol. The SMILES string of the molecule is CCCn1cc(Oc2nc(NCC)ncc2Cl)cn1. The molecule has 0 bridgehead atoms. The molecule has 0 aromatic carbocycles. The lowest BCUT2D eigenvalue weighted by molar-refractivity contribution is 0.461. The van der Waals surface area contributed by atoms with E-state index in [0.29, 0.717) is 22.6 Å². The van der Waals surface area contributed by atoms with Crippen molar-refractivity contribution < 1.29 is 4.74 Å². The zero-order chi connectivity index (χ0) is 13.7. The Labute approximate surface area is 116 Å². The molecule has 1 N–H and O–H groups in total. The summed E-state index contributed by atoms with van der Waals surface area (Å²) in [7, 11) is 0. The molecule has 0 aliphatic carbocycles. The van der Waals surface area contributed by atoms with E-state index in [4.69, 9.17) is 16.3 Å². The van der Waals surface area contributed by atoms with E-state index in [0.717, 1.165) is 19.5 Å². The summed E-state index contributed by atoms with van der Waals surface area (Å²) in [6.45, 7) is 5.64. The van der Waals surface area contributed by atoms with Gasteiger partial charge in [-0.25, -0.2) is 4.98 Å². The van der Waals surface area contributed by atoms with Gasteiger partial charge < -0.3 is 10.1 Å². The molecule has 2 heterocycles. The van der Waals surface area contributed by atoms with E-state index in [9.17, 15) is 0 Å². The highest BCUT2D eigenvalue weighted by molar-refractivity contribution is 6.31. The van der Waals surface area contributed by atoms with Crippen LogP contribution in [-0.4, -0.2) is 26.3 Å². The summed E-state index contributed by atoms with van der Waals surface area (Å²) in [6.07, 6.45) is 5.98. The molecule has 0 saturated heterocycles. The van der Waals surface area contributed by atoms with Gasteiger partial charge in [-0.1, -0.05) is 18.5 Å². The number of rotatable bonds is 6. The fraction of sp³-hybridized carbons (Fsp3) is 0.417. The van der Waals surface area contributed by atoms with Gasteiger partial charge in [0.2, 0.25) is 11.8 Å². The minimum Gasteiger partial charge on any atom is -0.434 e. The van der Waals surface area contributed by atoms with Crippen LogP contribution in [0, 0.1) is 0 Å². The Bertz CT molecular complexity index is 543. The highest BCUT2D eigenvalue weighted by Gasteiger charge is 2.09. The summed E-state index contributed by atoms with van der Waals surface area (Å²) >= 11 is 6.01. The largest absolute Gasteiger partial charge is 0.434 e. The third-order valence-corrected chi connectivity index (χ3v) is 2.58. The number of aromatic nitrogens is 4. The summed E-state index contributed by atoms with van der Waals surface area (Å²) in [5, 5.41) is 7.55. The topological polar surface area (TPSA) is 64.9 Å². The third kappa shape index (κ3) is 3.57. The predicted octanol–water partition coefficient (Wildman–Crippen LogP) is 2.96. The molecular weight excluding hydrogens is 266 g/mol. The average molecular weight is 282 g/mol. The first kappa shape index (κ1) is 13.6. The van der Waals surface area contributed by atoms with E-state index >= 15 is 0 Å². The molecule has 0 amide bonds. The fourth-order valence-corrected chi connectivity index (χ4v) is 1.66. The van der Waals surface area contributed by atoms with E-state index in [1.165, 1.54) is 6.20 Å². The first-order valence-electron chi connectivity index (χ1n) is 6.19. The van der Waals surface area contributed by atoms with Crippen LogP contribution in [0.5, 0.6) is 11.6 Å². The molecule has 0 saturated carbocycles. The van der Waals surface area contributed by atoms with E-state index in [1.807, 2.05) is 17.8 Å². The molecule has 2 rings (SSSR count). The van der Waals surface area contributed by atoms with Gasteiger partial charge in [-0.2, -0.15) is 10.1 Å². The quantitative estimate of drug-likeness (QED) is 0.882. The zero-order valence-electron chi connectivity index (χ0n) is 10.9. The van der Waals surface area contributed by atoms with E-state index < -0.39 is 0 Å². The highest BCUT2D eigenvalue weighted by atomic mass is 35.5. The van der Waals surface area contributed by atoms with Gasteiger partial charge in [-0.3, -0.25) is 4.68 Å². The molecule has 0 aliphatic rings. The maximum Gasteiger partial charge on any atom is 0.243 e. The number of anilines is 1. The molecule has 2 aromatic rings. The van der Waals surface area contributed by atoms with Crippen LogP contribution < -0.4 is 10.1 Å². The van der Waals surface area contributed by atoms with Crippen LogP contribution in [0.3, 0.4) is 0 Å². The van der Waals surface area contributed by atoms with Gasteiger partial charge in [0.25, 0.3) is 0 Å². The van der Waals surface area contributed by atoms with Crippen molar-refractivity contribution in [3.8, 4) is 11.6 Å². The average Bonchev–Trinajstić information content (AvgIpc) is 2.82. The van der Waals surface area contributed by atoms with Crippen molar-refractivity contribution in [3.63, 3.8) is 0 Å². The maximum atomic E-state index is 6.01. The Morgan fingerprint density at radius 2 is 2.21 bits per heavy atom. The molecule has 0 unspecified atom stereocenters. The van der Waals surface area contributed by atoms with Crippen LogP contribution in [0.25, 0.3) is 0 Å². The molecule has 0 atom stereocenters. The Kier molecular flexibility index (Phi) is 4.57. The van der Waals surface area contributed by atoms with E-state index in [2.05, 4.69) is 27.3 Å².